The van der Waals surface area contributed by atoms with Gasteiger partial charge in [-0.2, -0.15) is 0 Å². The predicted molar refractivity (Wildman–Crippen MR) is 77.9 cm³/mol. The summed E-state index contributed by atoms with van der Waals surface area (Å²) in [6.07, 6.45) is 0. The highest BCUT2D eigenvalue weighted by Gasteiger charge is 2.16. The van der Waals surface area contributed by atoms with Gasteiger partial charge in [0.25, 0.3) is 5.91 Å². The molecule has 1 amide bonds. The molecule has 0 aliphatic heterocycles. The minimum atomic E-state index is -0.412. The molecule has 1 unspecified atom stereocenters. The molecule has 2 aromatic carbocycles. The Morgan fingerprint density at radius 2 is 1.90 bits per heavy atom. The number of hydrogen-bond acceptors (Lipinski definition) is 2. The summed E-state index contributed by atoms with van der Waals surface area (Å²) in [4.78, 5) is 12.2. The average Bonchev–Trinajstić information content (AvgIpc) is 2.42. The molecule has 2 aromatic rings. The Labute approximate surface area is 117 Å². The molecule has 0 fully saturated rings. The standard InChI is InChI=1S/C16H17FN2O/c1-10-12(7-5-9-15(10)18)16(20)19-11(2)13-6-3-4-8-14(13)17/h3-9,11H,18H2,1-2H3,(H,19,20). The van der Waals surface area contributed by atoms with E-state index < -0.39 is 6.04 Å². The van der Waals surface area contributed by atoms with Crippen LogP contribution in [0, 0.1) is 12.7 Å². The zero-order valence-corrected chi connectivity index (χ0v) is 11.5. The third kappa shape index (κ3) is 2.79. The van der Waals surface area contributed by atoms with Crippen LogP contribution in [0.3, 0.4) is 0 Å². The third-order valence-electron chi connectivity index (χ3n) is 3.34. The maximum Gasteiger partial charge on any atom is 0.252 e. The van der Waals surface area contributed by atoms with Crippen molar-refractivity contribution in [2.24, 2.45) is 0 Å². The lowest BCUT2D eigenvalue weighted by Gasteiger charge is -2.16. The van der Waals surface area contributed by atoms with E-state index >= 15 is 0 Å². The second-order valence-electron chi connectivity index (χ2n) is 4.74. The lowest BCUT2D eigenvalue weighted by atomic mass is 10.0. The number of nitrogens with one attached hydrogen (secondary N) is 1. The zero-order chi connectivity index (χ0) is 14.7. The molecule has 0 spiro atoms. The van der Waals surface area contributed by atoms with Crippen LogP contribution in [0.1, 0.15) is 34.5 Å². The molecule has 0 aliphatic carbocycles. The van der Waals surface area contributed by atoms with E-state index in [1.165, 1.54) is 6.07 Å². The molecule has 3 nitrogen and oxygen atoms in total. The van der Waals surface area contributed by atoms with Gasteiger partial charge in [0.2, 0.25) is 0 Å². The van der Waals surface area contributed by atoms with Crippen molar-refractivity contribution < 1.29 is 9.18 Å². The van der Waals surface area contributed by atoms with Crippen LogP contribution in [0.5, 0.6) is 0 Å². The van der Waals surface area contributed by atoms with Gasteiger partial charge in [-0.1, -0.05) is 24.3 Å². The van der Waals surface area contributed by atoms with E-state index in [-0.39, 0.29) is 11.7 Å². The van der Waals surface area contributed by atoms with Crippen molar-refractivity contribution in [2.75, 3.05) is 5.73 Å². The van der Waals surface area contributed by atoms with Gasteiger partial charge in [0.15, 0.2) is 0 Å². The highest BCUT2D eigenvalue weighted by molar-refractivity contribution is 5.97. The van der Waals surface area contributed by atoms with Gasteiger partial charge in [-0.15, -0.1) is 0 Å². The normalized spacial score (nSPS) is 11.9. The Morgan fingerprint density at radius 1 is 1.20 bits per heavy atom. The molecule has 0 radical (unpaired) electrons. The Balaban J connectivity index is 2.20. The number of hydrogen-bond donors (Lipinski definition) is 2. The lowest BCUT2D eigenvalue weighted by molar-refractivity contribution is 0.0939. The lowest BCUT2D eigenvalue weighted by Crippen LogP contribution is -2.28. The summed E-state index contributed by atoms with van der Waals surface area (Å²) in [7, 11) is 0. The zero-order valence-electron chi connectivity index (χ0n) is 11.5. The molecule has 0 aromatic heterocycles. The fraction of sp³-hybridized carbons (Fsp3) is 0.188. The second-order valence-corrected chi connectivity index (χ2v) is 4.74. The van der Waals surface area contributed by atoms with Crippen LogP contribution in [0.15, 0.2) is 42.5 Å². The van der Waals surface area contributed by atoms with Gasteiger partial charge in [0.1, 0.15) is 5.82 Å². The Kier molecular flexibility index (Phi) is 4.03. The van der Waals surface area contributed by atoms with Crippen molar-refractivity contribution in [1.29, 1.82) is 0 Å². The quantitative estimate of drug-likeness (QED) is 0.843. The monoisotopic (exact) mass is 272 g/mol. The molecule has 0 saturated carbocycles. The number of nitrogen functional groups attached to an aromatic ring is 1. The van der Waals surface area contributed by atoms with Crippen molar-refractivity contribution in [1.82, 2.24) is 5.32 Å². The van der Waals surface area contributed by atoms with Gasteiger partial charge in [0, 0.05) is 16.8 Å². The highest BCUT2D eigenvalue weighted by Crippen LogP contribution is 2.19. The van der Waals surface area contributed by atoms with E-state index in [9.17, 15) is 9.18 Å². The molecule has 0 aliphatic rings. The van der Waals surface area contributed by atoms with Crippen molar-refractivity contribution in [3.8, 4) is 0 Å². The summed E-state index contributed by atoms with van der Waals surface area (Å²) in [6.45, 7) is 3.54. The van der Waals surface area contributed by atoms with Crippen LogP contribution in [-0.4, -0.2) is 5.91 Å². The summed E-state index contributed by atoms with van der Waals surface area (Å²) in [5.74, 6) is -0.588. The summed E-state index contributed by atoms with van der Waals surface area (Å²) >= 11 is 0. The summed E-state index contributed by atoms with van der Waals surface area (Å²) in [5, 5.41) is 2.79. The molecule has 104 valence electrons. The van der Waals surface area contributed by atoms with E-state index in [0.29, 0.717) is 16.8 Å². The molecular weight excluding hydrogens is 255 g/mol. The molecule has 4 heteroatoms. The molecule has 0 bridgehead atoms. The van der Waals surface area contributed by atoms with E-state index in [1.807, 2.05) is 0 Å². The maximum atomic E-state index is 13.7. The van der Waals surface area contributed by atoms with Crippen molar-refractivity contribution >= 4 is 11.6 Å². The van der Waals surface area contributed by atoms with Crippen molar-refractivity contribution in [2.45, 2.75) is 19.9 Å². The van der Waals surface area contributed by atoms with E-state index in [1.54, 1.807) is 50.2 Å². The Bertz CT molecular complexity index is 640. The van der Waals surface area contributed by atoms with Gasteiger partial charge in [0.05, 0.1) is 6.04 Å². The third-order valence-corrected chi connectivity index (χ3v) is 3.34. The fourth-order valence-electron chi connectivity index (χ4n) is 2.08. The van der Waals surface area contributed by atoms with E-state index in [2.05, 4.69) is 5.32 Å². The number of rotatable bonds is 3. The first-order valence-electron chi connectivity index (χ1n) is 6.41. The number of anilines is 1. The molecule has 0 saturated heterocycles. The van der Waals surface area contributed by atoms with Crippen LogP contribution in [0.4, 0.5) is 10.1 Å². The van der Waals surface area contributed by atoms with Gasteiger partial charge < -0.3 is 11.1 Å². The average molecular weight is 272 g/mol. The van der Waals surface area contributed by atoms with Gasteiger partial charge >= 0.3 is 0 Å². The largest absolute Gasteiger partial charge is 0.398 e. The smallest absolute Gasteiger partial charge is 0.252 e. The molecule has 20 heavy (non-hydrogen) atoms. The molecule has 1 atom stereocenters. The van der Waals surface area contributed by atoms with Crippen LogP contribution < -0.4 is 11.1 Å². The van der Waals surface area contributed by atoms with Gasteiger partial charge in [-0.3, -0.25) is 4.79 Å². The van der Waals surface area contributed by atoms with Crippen LogP contribution in [0.25, 0.3) is 0 Å². The maximum absolute atomic E-state index is 13.7. The first-order valence-corrected chi connectivity index (χ1v) is 6.41. The van der Waals surface area contributed by atoms with Crippen LogP contribution in [-0.2, 0) is 0 Å². The Hall–Kier alpha value is -2.36. The molecule has 0 heterocycles. The number of nitrogens with two attached hydrogens (primary N) is 1. The summed E-state index contributed by atoms with van der Waals surface area (Å²) in [6, 6.07) is 11.2. The molecular formula is C16H17FN2O. The highest BCUT2D eigenvalue weighted by atomic mass is 19.1. The fourth-order valence-corrected chi connectivity index (χ4v) is 2.08. The van der Waals surface area contributed by atoms with Crippen LogP contribution in [0.2, 0.25) is 0 Å². The first-order chi connectivity index (χ1) is 9.50. The Morgan fingerprint density at radius 3 is 2.60 bits per heavy atom. The predicted octanol–water partition coefficient (Wildman–Crippen LogP) is 3.21. The molecule has 3 N–H and O–H groups in total. The van der Waals surface area contributed by atoms with Gasteiger partial charge in [-0.25, -0.2) is 4.39 Å². The summed E-state index contributed by atoms with van der Waals surface area (Å²) in [5.41, 5.74) is 8.05. The number of halogens is 1. The minimum Gasteiger partial charge on any atom is -0.398 e. The SMILES string of the molecule is Cc1c(N)cccc1C(=O)NC(C)c1ccccc1F. The van der Waals surface area contributed by atoms with E-state index in [4.69, 9.17) is 5.73 Å². The topological polar surface area (TPSA) is 55.1 Å². The number of carbonyl (C=O) groups is 1. The number of carbonyl (C=O) groups excluding carboxylic acids is 1. The van der Waals surface area contributed by atoms with Crippen LogP contribution >= 0.6 is 0 Å². The molecule has 2 rings (SSSR count). The second kappa shape index (κ2) is 5.74. The van der Waals surface area contributed by atoms with Crippen molar-refractivity contribution in [3.63, 3.8) is 0 Å². The number of amides is 1. The minimum absolute atomic E-state index is 0.259. The summed E-state index contributed by atoms with van der Waals surface area (Å²) < 4.78 is 13.7. The van der Waals surface area contributed by atoms with Gasteiger partial charge in [-0.05, 0) is 37.6 Å². The first kappa shape index (κ1) is 14.1. The van der Waals surface area contributed by atoms with E-state index in [0.717, 1.165) is 5.56 Å². The number of benzene rings is 2. The van der Waals surface area contributed by atoms with Crippen molar-refractivity contribution in [3.05, 3.63) is 65.0 Å².